The van der Waals surface area contributed by atoms with E-state index >= 15 is 0 Å². The summed E-state index contributed by atoms with van der Waals surface area (Å²) in [5.74, 6) is 0.479. The second kappa shape index (κ2) is 12.7. The predicted molar refractivity (Wildman–Crippen MR) is 164 cm³/mol. The van der Waals surface area contributed by atoms with Gasteiger partial charge in [0.25, 0.3) is 5.91 Å². The molecule has 198 valence electrons. The molecule has 0 radical (unpaired) electrons. The van der Waals surface area contributed by atoms with E-state index in [2.05, 4.69) is 25.8 Å². The Labute approximate surface area is 250 Å². The molecule has 0 spiro atoms. The van der Waals surface area contributed by atoms with Gasteiger partial charge in [0.05, 0.1) is 26.0 Å². The zero-order valence-corrected chi connectivity index (χ0v) is 25.0. The SMILES string of the molecule is Cc1ccc(C(=O)Nc2ccc3nc(SCC(=O)Nc4nnc(SCc5ccc(Cl)c(Cl)c5)s4)sc3c2)cc1. The number of rotatable bonds is 9. The van der Waals surface area contributed by atoms with Gasteiger partial charge in [-0.25, -0.2) is 4.98 Å². The molecule has 0 atom stereocenters. The van der Waals surface area contributed by atoms with Crippen LogP contribution in [0.15, 0.2) is 69.3 Å². The van der Waals surface area contributed by atoms with E-state index in [9.17, 15) is 9.59 Å². The smallest absolute Gasteiger partial charge is 0.255 e. The number of fused-ring (bicyclic) bond motifs is 1. The molecular weight excluding hydrogens is 613 g/mol. The molecule has 0 saturated heterocycles. The third-order valence-corrected chi connectivity index (χ3v) is 10.2. The molecule has 39 heavy (non-hydrogen) atoms. The van der Waals surface area contributed by atoms with E-state index in [1.165, 1.54) is 46.2 Å². The number of hydrogen-bond acceptors (Lipinski definition) is 9. The standard InChI is InChI=1S/C26H19Cl2N5O2S4/c1-14-2-5-16(6-3-14)23(35)29-17-7-9-20-21(11-17)38-25(30-20)37-13-22(34)31-24-32-33-26(39-24)36-12-15-4-8-18(27)19(28)10-15/h2-11H,12-13H2,1H3,(H,29,35)(H,31,32,34). The molecule has 0 bridgehead atoms. The molecule has 0 unspecified atom stereocenters. The molecule has 0 aliphatic heterocycles. The first-order valence-corrected chi connectivity index (χ1v) is 15.8. The van der Waals surface area contributed by atoms with Gasteiger partial charge in [-0.3, -0.25) is 14.9 Å². The van der Waals surface area contributed by atoms with Crippen LogP contribution in [-0.4, -0.2) is 32.7 Å². The minimum Gasteiger partial charge on any atom is -0.322 e. The van der Waals surface area contributed by atoms with Gasteiger partial charge in [0.15, 0.2) is 8.68 Å². The van der Waals surface area contributed by atoms with E-state index in [4.69, 9.17) is 23.2 Å². The highest BCUT2D eigenvalue weighted by Crippen LogP contribution is 2.33. The maximum Gasteiger partial charge on any atom is 0.255 e. The number of nitrogens with zero attached hydrogens (tertiary/aromatic N) is 3. The lowest BCUT2D eigenvalue weighted by atomic mass is 10.1. The number of carbonyl (C=O) groups is 2. The average Bonchev–Trinajstić information content (AvgIpc) is 3.54. The normalized spacial score (nSPS) is 11.1. The van der Waals surface area contributed by atoms with Crippen molar-refractivity contribution in [1.82, 2.24) is 15.2 Å². The van der Waals surface area contributed by atoms with Crippen molar-refractivity contribution in [2.75, 3.05) is 16.4 Å². The summed E-state index contributed by atoms with van der Waals surface area (Å²) in [7, 11) is 0. The molecule has 7 nitrogen and oxygen atoms in total. The van der Waals surface area contributed by atoms with Crippen molar-refractivity contribution in [1.29, 1.82) is 0 Å². The summed E-state index contributed by atoms with van der Waals surface area (Å²) < 4.78 is 2.42. The number of benzene rings is 3. The first kappa shape index (κ1) is 27.9. The quantitative estimate of drug-likeness (QED) is 0.125. The largest absolute Gasteiger partial charge is 0.322 e. The minimum absolute atomic E-state index is 0.169. The Bertz CT molecular complexity index is 1660. The average molecular weight is 633 g/mol. The zero-order chi connectivity index (χ0) is 27.4. The summed E-state index contributed by atoms with van der Waals surface area (Å²) in [6.07, 6.45) is 0. The molecule has 0 aliphatic carbocycles. The number of halogens is 2. The molecule has 0 aliphatic rings. The number of amides is 2. The van der Waals surface area contributed by atoms with Crippen molar-refractivity contribution in [2.45, 2.75) is 21.4 Å². The van der Waals surface area contributed by atoms with Gasteiger partial charge in [-0.15, -0.1) is 21.5 Å². The number of thiazole rings is 1. The fraction of sp³-hybridized carbons (Fsp3) is 0.115. The second-order valence-electron chi connectivity index (χ2n) is 8.23. The first-order valence-electron chi connectivity index (χ1n) is 11.4. The molecular formula is C26H19Cl2N5O2S4. The lowest BCUT2D eigenvalue weighted by molar-refractivity contribution is -0.113. The van der Waals surface area contributed by atoms with Crippen LogP contribution in [0.25, 0.3) is 10.2 Å². The number of hydrogen-bond donors (Lipinski definition) is 2. The molecule has 13 heteroatoms. The van der Waals surface area contributed by atoms with E-state index < -0.39 is 0 Å². The Balaban J connectivity index is 1.12. The highest BCUT2D eigenvalue weighted by Gasteiger charge is 2.13. The Morgan fingerprint density at radius 3 is 2.49 bits per heavy atom. The van der Waals surface area contributed by atoms with Crippen LogP contribution in [0.2, 0.25) is 10.0 Å². The zero-order valence-electron chi connectivity index (χ0n) is 20.2. The molecule has 2 amide bonds. The van der Waals surface area contributed by atoms with E-state index in [0.717, 1.165) is 30.0 Å². The first-order chi connectivity index (χ1) is 18.8. The predicted octanol–water partition coefficient (Wildman–Crippen LogP) is 8.04. The topological polar surface area (TPSA) is 96.9 Å². The van der Waals surface area contributed by atoms with Crippen molar-refractivity contribution in [3.05, 3.63) is 87.4 Å². The fourth-order valence-electron chi connectivity index (χ4n) is 3.33. The molecule has 2 N–H and O–H groups in total. The molecule has 2 aromatic heterocycles. The van der Waals surface area contributed by atoms with Crippen LogP contribution in [0.3, 0.4) is 0 Å². The van der Waals surface area contributed by atoms with E-state index in [-0.39, 0.29) is 17.6 Å². The van der Waals surface area contributed by atoms with Gasteiger partial charge < -0.3 is 5.32 Å². The Hall–Kier alpha value is -2.67. The van der Waals surface area contributed by atoms with Gasteiger partial charge in [-0.1, -0.05) is 81.8 Å². The van der Waals surface area contributed by atoms with Crippen LogP contribution in [0.4, 0.5) is 10.8 Å². The van der Waals surface area contributed by atoms with Crippen molar-refractivity contribution in [2.24, 2.45) is 0 Å². The summed E-state index contributed by atoms with van der Waals surface area (Å²) in [6, 6.07) is 18.5. The molecule has 2 heterocycles. The monoisotopic (exact) mass is 631 g/mol. The summed E-state index contributed by atoms with van der Waals surface area (Å²) in [5.41, 5.74) is 4.21. The van der Waals surface area contributed by atoms with Gasteiger partial charge in [-0.2, -0.15) is 0 Å². The maximum absolute atomic E-state index is 12.5. The summed E-state index contributed by atoms with van der Waals surface area (Å²) in [4.78, 5) is 29.6. The van der Waals surface area contributed by atoms with Crippen LogP contribution in [-0.2, 0) is 10.5 Å². The third kappa shape index (κ3) is 7.50. The summed E-state index contributed by atoms with van der Waals surface area (Å²) in [6.45, 7) is 1.98. The minimum atomic E-state index is -0.192. The van der Waals surface area contributed by atoms with Crippen LogP contribution in [0.5, 0.6) is 0 Å². The second-order valence-corrected chi connectivity index (χ2v) is 13.5. The number of aryl methyl sites for hydroxylation is 1. The molecule has 5 aromatic rings. The highest BCUT2D eigenvalue weighted by molar-refractivity contribution is 8.01. The third-order valence-electron chi connectivity index (χ3n) is 5.27. The van der Waals surface area contributed by atoms with Crippen molar-refractivity contribution in [3.63, 3.8) is 0 Å². The van der Waals surface area contributed by atoms with Gasteiger partial charge in [0.2, 0.25) is 11.0 Å². The van der Waals surface area contributed by atoms with Gasteiger partial charge in [0, 0.05) is 17.0 Å². The van der Waals surface area contributed by atoms with E-state index in [0.29, 0.717) is 32.2 Å². The molecule has 5 rings (SSSR count). The number of nitrogens with one attached hydrogen (secondary N) is 2. The van der Waals surface area contributed by atoms with Crippen LogP contribution < -0.4 is 10.6 Å². The van der Waals surface area contributed by atoms with Crippen LogP contribution >= 0.6 is 69.4 Å². The molecule has 3 aromatic carbocycles. The summed E-state index contributed by atoms with van der Waals surface area (Å²) in [5, 5.41) is 15.4. The Morgan fingerprint density at radius 2 is 1.69 bits per heavy atom. The van der Waals surface area contributed by atoms with Crippen molar-refractivity contribution >= 4 is 102 Å². The van der Waals surface area contributed by atoms with E-state index in [1.54, 1.807) is 18.2 Å². The van der Waals surface area contributed by atoms with Gasteiger partial charge in [-0.05, 0) is 55.0 Å². The lowest BCUT2D eigenvalue weighted by Gasteiger charge is -2.05. The number of carbonyl (C=O) groups excluding carboxylic acids is 2. The van der Waals surface area contributed by atoms with Gasteiger partial charge >= 0.3 is 0 Å². The molecule has 0 saturated carbocycles. The number of anilines is 2. The molecule has 0 fully saturated rings. The fourth-order valence-corrected chi connectivity index (χ4v) is 7.27. The van der Waals surface area contributed by atoms with E-state index in [1.807, 2.05) is 49.4 Å². The maximum atomic E-state index is 12.5. The Morgan fingerprint density at radius 1 is 0.872 bits per heavy atom. The van der Waals surface area contributed by atoms with Crippen molar-refractivity contribution in [3.8, 4) is 0 Å². The van der Waals surface area contributed by atoms with Crippen LogP contribution in [0, 0.1) is 6.92 Å². The Kier molecular flexibility index (Phi) is 9.06. The van der Waals surface area contributed by atoms with Gasteiger partial charge in [0.1, 0.15) is 0 Å². The van der Waals surface area contributed by atoms with Crippen molar-refractivity contribution < 1.29 is 9.59 Å². The number of thioether (sulfide) groups is 2. The highest BCUT2D eigenvalue weighted by atomic mass is 35.5. The lowest BCUT2D eigenvalue weighted by Crippen LogP contribution is -2.13. The van der Waals surface area contributed by atoms with Crippen LogP contribution in [0.1, 0.15) is 21.5 Å². The number of aromatic nitrogens is 3. The summed E-state index contributed by atoms with van der Waals surface area (Å²) >= 11 is 17.7.